The number of nitrogens with one attached hydrogen (secondary N) is 1. The van der Waals surface area contributed by atoms with Crippen molar-refractivity contribution in [2.24, 2.45) is 15.7 Å². The maximum Gasteiger partial charge on any atom is 0.282 e. The Balaban J connectivity index is 1.58. The lowest BCUT2D eigenvalue weighted by Gasteiger charge is -2.13. The van der Waals surface area contributed by atoms with E-state index in [0.29, 0.717) is 12.6 Å². The van der Waals surface area contributed by atoms with E-state index in [4.69, 9.17) is 10.5 Å². The molecular weight excluding hydrogens is 264 g/mol. The highest BCUT2D eigenvalue weighted by Crippen LogP contribution is 2.18. The van der Waals surface area contributed by atoms with Crippen LogP contribution in [0.15, 0.2) is 34.3 Å². The van der Waals surface area contributed by atoms with Gasteiger partial charge in [-0.1, -0.05) is 24.3 Å². The minimum absolute atomic E-state index is 0.189. The van der Waals surface area contributed by atoms with Gasteiger partial charge in [-0.25, -0.2) is 4.99 Å². The molecule has 0 saturated carbocycles. The third-order valence-corrected chi connectivity index (χ3v) is 3.57. The van der Waals surface area contributed by atoms with Crippen molar-refractivity contribution >= 4 is 17.9 Å². The Morgan fingerprint density at radius 1 is 1.38 bits per heavy atom. The predicted octanol–water partition coefficient (Wildman–Crippen LogP) is 1.50. The summed E-state index contributed by atoms with van der Waals surface area (Å²) in [5, 5.41) is 3.13. The van der Waals surface area contributed by atoms with E-state index in [1.54, 1.807) is 0 Å². The first-order valence-electron chi connectivity index (χ1n) is 7.19. The van der Waals surface area contributed by atoms with Gasteiger partial charge in [-0.15, -0.1) is 0 Å². The molecule has 1 aromatic rings. The first-order valence-corrected chi connectivity index (χ1v) is 7.19. The standard InChI is InChI=1S/C16H19N4O/c1-11-8-19-15(9-18-11)13-5-2-12(3-6-13)4-7-14-10-21-16(17)20-14/h2-3,5-6,8,11,14,18H,4,7,10H2,1H3,(H2,17,20)/t11?,14-/m0/s1. The molecule has 5 heteroatoms. The van der Waals surface area contributed by atoms with E-state index in [1.807, 2.05) is 13.1 Å². The summed E-state index contributed by atoms with van der Waals surface area (Å²) in [6.45, 7) is 2.64. The van der Waals surface area contributed by atoms with Crippen molar-refractivity contribution in [3.63, 3.8) is 0 Å². The Kier molecular flexibility index (Phi) is 3.90. The van der Waals surface area contributed by atoms with Gasteiger partial charge in [-0.05, 0) is 25.3 Å². The molecule has 2 aliphatic heterocycles. The van der Waals surface area contributed by atoms with Gasteiger partial charge in [0.1, 0.15) is 6.61 Å². The van der Waals surface area contributed by atoms with Crippen molar-refractivity contribution in [3.05, 3.63) is 41.6 Å². The van der Waals surface area contributed by atoms with Gasteiger partial charge in [0.05, 0.1) is 24.0 Å². The summed E-state index contributed by atoms with van der Waals surface area (Å²) in [4.78, 5) is 8.63. The van der Waals surface area contributed by atoms with E-state index < -0.39 is 0 Å². The van der Waals surface area contributed by atoms with Crippen molar-refractivity contribution in [1.29, 1.82) is 0 Å². The molecule has 0 spiro atoms. The SMILES string of the molecule is CC1C=NC(c2ccc(CC[C@H]3COC(N)=N3)cc2)=[C]N1. The van der Waals surface area contributed by atoms with Gasteiger partial charge >= 0.3 is 0 Å². The van der Waals surface area contributed by atoms with E-state index in [-0.39, 0.29) is 12.1 Å². The quantitative estimate of drug-likeness (QED) is 0.879. The Bertz CT molecular complexity index is 589. The molecule has 0 amide bonds. The third-order valence-electron chi connectivity index (χ3n) is 3.57. The molecule has 0 bridgehead atoms. The minimum Gasteiger partial charge on any atom is -0.463 e. The fraction of sp³-hybridized carbons (Fsp3) is 0.375. The summed E-state index contributed by atoms with van der Waals surface area (Å²) in [7, 11) is 0. The van der Waals surface area contributed by atoms with Gasteiger partial charge in [0.15, 0.2) is 0 Å². The number of ether oxygens (including phenoxy) is 1. The van der Waals surface area contributed by atoms with Gasteiger partial charge in [-0.3, -0.25) is 4.99 Å². The largest absolute Gasteiger partial charge is 0.463 e. The van der Waals surface area contributed by atoms with Crippen LogP contribution in [0.4, 0.5) is 0 Å². The normalized spacial score (nSPS) is 24.0. The van der Waals surface area contributed by atoms with Crippen molar-refractivity contribution in [2.45, 2.75) is 31.8 Å². The second-order valence-electron chi connectivity index (χ2n) is 5.35. The molecule has 1 aromatic carbocycles. The number of benzene rings is 1. The average molecular weight is 283 g/mol. The summed E-state index contributed by atoms with van der Waals surface area (Å²) in [6.07, 6.45) is 6.91. The smallest absolute Gasteiger partial charge is 0.282 e. The molecule has 0 fully saturated rings. The Labute approximate surface area is 124 Å². The zero-order valence-corrected chi connectivity index (χ0v) is 12.0. The molecule has 21 heavy (non-hydrogen) atoms. The molecule has 0 saturated heterocycles. The molecule has 2 heterocycles. The fourth-order valence-corrected chi connectivity index (χ4v) is 2.33. The van der Waals surface area contributed by atoms with Gasteiger partial charge in [0.25, 0.3) is 6.02 Å². The van der Waals surface area contributed by atoms with E-state index in [0.717, 1.165) is 24.1 Å². The monoisotopic (exact) mass is 283 g/mol. The molecule has 1 radical (unpaired) electrons. The maximum atomic E-state index is 5.51. The van der Waals surface area contributed by atoms with Crippen LogP contribution in [-0.2, 0) is 11.2 Å². The van der Waals surface area contributed by atoms with Crippen LogP contribution >= 0.6 is 0 Å². The van der Waals surface area contributed by atoms with Gasteiger partial charge in [0.2, 0.25) is 0 Å². The number of nitrogens with two attached hydrogens (primary N) is 1. The topological polar surface area (TPSA) is 72.0 Å². The first kappa shape index (κ1) is 13.7. The molecular formula is C16H19N4O. The maximum absolute atomic E-state index is 5.51. The fourth-order valence-electron chi connectivity index (χ4n) is 2.33. The highest BCUT2D eigenvalue weighted by atomic mass is 16.5. The number of hydrogen-bond acceptors (Lipinski definition) is 5. The van der Waals surface area contributed by atoms with Crippen molar-refractivity contribution in [2.75, 3.05) is 6.61 Å². The highest BCUT2D eigenvalue weighted by Gasteiger charge is 2.16. The van der Waals surface area contributed by atoms with E-state index in [1.165, 1.54) is 5.56 Å². The number of aliphatic imine (C=N–C) groups is 2. The van der Waals surface area contributed by atoms with Crippen LogP contribution in [-0.4, -0.2) is 30.9 Å². The van der Waals surface area contributed by atoms with Gasteiger partial charge < -0.3 is 15.8 Å². The third kappa shape index (κ3) is 3.42. The average Bonchev–Trinajstić information content (AvgIpc) is 2.92. The molecule has 5 nitrogen and oxygen atoms in total. The van der Waals surface area contributed by atoms with Crippen molar-refractivity contribution < 1.29 is 4.74 Å². The number of amidine groups is 1. The summed E-state index contributed by atoms with van der Waals surface area (Å²) in [6, 6.07) is 9.16. The Hall–Kier alpha value is -2.30. The number of aryl methyl sites for hydroxylation is 1. The summed E-state index contributed by atoms with van der Waals surface area (Å²) in [5.74, 6) is 0. The van der Waals surface area contributed by atoms with Gasteiger partial charge in [0, 0.05) is 11.8 Å². The second kappa shape index (κ2) is 5.99. The van der Waals surface area contributed by atoms with E-state index >= 15 is 0 Å². The van der Waals surface area contributed by atoms with Crippen LogP contribution < -0.4 is 11.1 Å². The second-order valence-corrected chi connectivity index (χ2v) is 5.35. The van der Waals surface area contributed by atoms with Crippen LogP contribution in [0, 0.1) is 6.20 Å². The Morgan fingerprint density at radius 2 is 2.19 bits per heavy atom. The lowest BCUT2D eigenvalue weighted by Crippen LogP contribution is -2.25. The van der Waals surface area contributed by atoms with Crippen LogP contribution in [0.25, 0.3) is 5.70 Å². The summed E-state index contributed by atoms with van der Waals surface area (Å²) in [5.41, 5.74) is 8.70. The number of rotatable bonds is 4. The van der Waals surface area contributed by atoms with Gasteiger partial charge in [-0.2, -0.15) is 0 Å². The molecule has 1 unspecified atom stereocenters. The molecule has 2 aliphatic rings. The zero-order chi connectivity index (χ0) is 14.7. The lowest BCUT2D eigenvalue weighted by atomic mass is 10.0. The van der Waals surface area contributed by atoms with Crippen LogP contribution in [0.1, 0.15) is 24.5 Å². The van der Waals surface area contributed by atoms with Crippen molar-refractivity contribution in [3.8, 4) is 0 Å². The minimum atomic E-state index is 0.189. The van der Waals surface area contributed by atoms with Crippen molar-refractivity contribution in [1.82, 2.24) is 5.32 Å². The molecule has 109 valence electrons. The van der Waals surface area contributed by atoms with E-state index in [2.05, 4.69) is 45.8 Å². The molecule has 2 atom stereocenters. The first-order chi connectivity index (χ1) is 10.2. The summed E-state index contributed by atoms with van der Waals surface area (Å²) >= 11 is 0. The van der Waals surface area contributed by atoms with Crippen LogP contribution in [0.3, 0.4) is 0 Å². The summed E-state index contributed by atoms with van der Waals surface area (Å²) < 4.78 is 5.15. The molecule has 0 aliphatic carbocycles. The molecule has 3 N–H and O–H groups in total. The Morgan fingerprint density at radius 3 is 2.81 bits per heavy atom. The lowest BCUT2D eigenvalue weighted by molar-refractivity contribution is 0.308. The highest BCUT2D eigenvalue weighted by molar-refractivity contribution is 5.77. The zero-order valence-electron chi connectivity index (χ0n) is 12.0. The number of hydrogen-bond donors (Lipinski definition) is 2. The van der Waals surface area contributed by atoms with Crippen LogP contribution in [0.5, 0.6) is 0 Å². The number of nitrogens with zero attached hydrogens (tertiary/aromatic N) is 2. The molecule has 0 aromatic heterocycles. The predicted molar refractivity (Wildman–Crippen MR) is 83.9 cm³/mol. The molecule has 3 rings (SSSR count). The van der Waals surface area contributed by atoms with Crippen LogP contribution in [0.2, 0.25) is 0 Å². The van der Waals surface area contributed by atoms with E-state index in [9.17, 15) is 0 Å².